The Labute approximate surface area is 204 Å². The molecule has 0 N–H and O–H groups in total. The maximum Gasteiger partial charge on any atom is 2.00 e. The number of benzene rings is 1. The molecule has 0 bridgehead atoms. The van der Waals surface area contributed by atoms with Crippen molar-refractivity contribution in [1.82, 2.24) is 9.80 Å². The van der Waals surface area contributed by atoms with Gasteiger partial charge in [-0.15, -0.1) is 5.10 Å². The number of amidine groups is 2. The molecule has 0 aliphatic rings. The van der Waals surface area contributed by atoms with E-state index in [1.807, 2.05) is 68.7 Å². The third kappa shape index (κ3) is 9.09. The van der Waals surface area contributed by atoms with Crippen LogP contribution >= 0.6 is 15.9 Å². The minimum atomic E-state index is 0. The number of halogens is 1. The molecule has 0 fully saturated rings. The fourth-order valence-electron chi connectivity index (χ4n) is 2.32. The standard InChI is InChI=1S/C19H29BrN6S2.Cu/c1-6-25(7-2)18(27)23-21-14(5)17(15-10-12-16(20)13-11-15)22-24-19(28)26(8-3)9-4;/h10-13H,6-9H2,1-5H3,(H,23,27)(H,24,28);/q;+2/p-2/b21-14+,22-17-;. The van der Waals surface area contributed by atoms with Crippen LogP contribution in [0.3, 0.4) is 0 Å². The first-order valence-electron chi connectivity index (χ1n) is 9.25. The zero-order valence-corrected chi connectivity index (χ0v) is 21.5. The Balaban J connectivity index is 0.00000784. The van der Waals surface area contributed by atoms with Crippen molar-refractivity contribution in [2.75, 3.05) is 26.2 Å². The monoisotopic (exact) mass is 545 g/mol. The first-order chi connectivity index (χ1) is 13.4. The van der Waals surface area contributed by atoms with Crippen molar-refractivity contribution in [3.8, 4) is 0 Å². The SMILES string of the molecule is CCN(CC)/C([S-])=N/N=C(C)/C(=N/N=C(\[S-])N(CC)CC)c1ccc(Br)cc1.[Cu+2]. The van der Waals surface area contributed by atoms with Gasteiger partial charge < -0.3 is 35.1 Å². The Hall–Kier alpha value is -1.06. The average Bonchev–Trinajstić information content (AvgIpc) is 2.69. The van der Waals surface area contributed by atoms with E-state index >= 15 is 0 Å². The number of hydrogen-bond acceptors (Lipinski definition) is 6. The van der Waals surface area contributed by atoms with E-state index in [1.165, 1.54) is 0 Å². The van der Waals surface area contributed by atoms with Crippen LogP contribution in [0.4, 0.5) is 0 Å². The summed E-state index contributed by atoms with van der Waals surface area (Å²) in [6, 6.07) is 7.78. The molecule has 1 rings (SSSR count). The zero-order chi connectivity index (χ0) is 21.1. The summed E-state index contributed by atoms with van der Waals surface area (Å²) in [5, 5.41) is 18.0. The van der Waals surface area contributed by atoms with E-state index < -0.39 is 0 Å². The zero-order valence-electron chi connectivity index (χ0n) is 17.3. The molecule has 0 aliphatic carbocycles. The van der Waals surface area contributed by atoms with Crippen LogP contribution in [0.25, 0.3) is 0 Å². The first kappa shape index (κ1) is 27.9. The molecule has 0 aromatic heterocycles. The van der Waals surface area contributed by atoms with E-state index in [1.54, 1.807) is 0 Å². The molecule has 0 unspecified atom stereocenters. The second-order valence-corrected chi connectivity index (χ2v) is 7.40. The maximum absolute atomic E-state index is 5.38. The minimum absolute atomic E-state index is 0. The number of rotatable bonds is 8. The van der Waals surface area contributed by atoms with Crippen LogP contribution in [-0.4, -0.2) is 57.7 Å². The van der Waals surface area contributed by atoms with Gasteiger partial charge in [0.25, 0.3) is 0 Å². The molecule has 0 atom stereocenters. The normalized spacial score (nSPS) is 13.2. The van der Waals surface area contributed by atoms with Crippen molar-refractivity contribution in [2.45, 2.75) is 34.6 Å². The summed E-state index contributed by atoms with van der Waals surface area (Å²) < 4.78 is 0.980. The Morgan fingerprint density at radius 2 is 1.21 bits per heavy atom. The van der Waals surface area contributed by atoms with Crippen LogP contribution < -0.4 is 0 Å². The van der Waals surface area contributed by atoms with Gasteiger partial charge in [0.05, 0.1) is 5.71 Å². The minimum Gasteiger partial charge on any atom is -0.741 e. The van der Waals surface area contributed by atoms with Gasteiger partial charge in [-0.05, 0) is 46.8 Å². The summed E-state index contributed by atoms with van der Waals surface area (Å²) in [7, 11) is 0. The second kappa shape index (κ2) is 14.8. The van der Waals surface area contributed by atoms with Gasteiger partial charge in [-0.1, -0.05) is 28.1 Å². The van der Waals surface area contributed by atoms with Crippen LogP contribution in [0, 0.1) is 0 Å². The van der Waals surface area contributed by atoms with Crippen molar-refractivity contribution in [3.05, 3.63) is 34.3 Å². The Morgan fingerprint density at radius 1 is 0.793 bits per heavy atom. The van der Waals surface area contributed by atoms with Gasteiger partial charge in [0.1, 0.15) is 5.71 Å². The Morgan fingerprint density at radius 3 is 1.62 bits per heavy atom. The third-order valence-corrected chi connectivity index (χ3v) is 5.26. The Kier molecular flexibility index (Phi) is 14.3. The maximum atomic E-state index is 5.38. The van der Waals surface area contributed by atoms with Crippen LogP contribution in [0.2, 0.25) is 0 Å². The van der Waals surface area contributed by atoms with Gasteiger partial charge in [-0.2, -0.15) is 15.3 Å². The first-order valence-corrected chi connectivity index (χ1v) is 10.9. The van der Waals surface area contributed by atoms with Crippen LogP contribution in [-0.2, 0) is 42.3 Å². The van der Waals surface area contributed by atoms with Crippen molar-refractivity contribution in [2.24, 2.45) is 20.4 Å². The molecule has 0 amide bonds. The predicted octanol–water partition coefficient (Wildman–Crippen LogP) is 4.02. The summed E-state index contributed by atoms with van der Waals surface area (Å²) in [4.78, 5) is 3.92. The summed E-state index contributed by atoms with van der Waals surface area (Å²) in [6.45, 7) is 13.1. The third-order valence-electron chi connectivity index (χ3n) is 4.05. The van der Waals surface area contributed by atoms with E-state index in [4.69, 9.17) is 25.3 Å². The van der Waals surface area contributed by atoms with Gasteiger partial charge in [-0.3, -0.25) is 0 Å². The molecule has 163 valence electrons. The van der Waals surface area contributed by atoms with Crippen LogP contribution in [0.15, 0.2) is 49.1 Å². The second-order valence-electron chi connectivity index (χ2n) is 5.75. The topological polar surface area (TPSA) is 55.9 Å². The van der Waals surface area contributed by atoms with Crippen molar-refractivity contribution in [3.63, 3.8) is 0 Å². The van der Waals surface area contributed by atoms with Gasteiger partial charge in [-0.25, -0.2) is 0 Å². The molecule has 6 nitrogen and oxygen atoms in total. The molecule has 0 spiro atoms. The quantitative estimate of drug-likeness (QED) is 0.162. The van der Waals surface area contributed by atoms with Gasteiger partial charge in [0.15, 0.2) is 0 Å². The van der Waals surface area contributed by atoms with Gasteiger partial charge >= 0.3 is 17.1 Å². The number of nitrogens with zero attached hydrogens (tertiary/aromatic N) is 6. The smallest absolute Gasteiger partial charge is 0.741 e. The molecule has 0 aliphatic heterocycles. The van der Waals surface area contributed by atoms with Crippen LogP contribution in [0.5, 0.6) is 0 Å². The predicted molar refractivity (Wildman–Crippen MR) is 129 cm³/mol. The van der Waals surface area contributed by atoms with E-state index in [0.29, 0.717) is 21.8 Å². The molecule has 0 saturated carbocycles. The number of hydrogen-bond donors (Lipinski definition) is 0. The molecule has 0 heterocycles. The molecule has 1 aromatic carbocycles. The molecule has 29 heavy (non-hydrogen) atoms. The largest absolute Gasteiger partial charge is 2.00 e. The fourth-order valence-corrected chi connectivity index (χ4v) is 3.18. The molecule has 10 heteroatoms. The summed E-state index contributed by atoms with van der Waals surface area (Å²) >= 11 is 14.2. The van der Waals surface area contributed by atoms with Crippen molar-refractivity contribution in [1.29, 1.82) is 0 Å². The van der Waals surface area contributed by atoms with Gasteiger partial charge in [0, 0.05) is 46.6 Å². The average molecular weight is 547 g/mol. The Bertz CT molecular complexity index is 742. The van der Waals surface area contributed by atoms with Crippen molar-refractivity contribution < 1.29 is 17.1 Å². The summed E-state index contributed by atoms with van der Waals surface area (Å²) in [5.41, 5.74) is 2.09. The van der Waals surface area contributed by atoms with E-state index in [0.717, 1.165) is 36.2 Å². The molecular formula is C19H27BrCuN6S2. The van der Waals surface area contributed by atoms with Crippen molar-refractivity contribution >= 4 is 62.9 Å². The van der Waals surface area contributed by atoms with E-state index in [-0.39, 0.29) is 17.1 Å². The summed E-state index contributed by atoms with van der Waals surface area (Å²) in [5.74, 6) is 0. The van der Waals surface area contributed by atoms with E-state index in [2.05, 4.69) is 36.3 Å². The summed E-state index contributed by atoms with van der Waals surface area (Å²) in [6.07, 6.45) is 0. The molecular weight excluding hydrogens is 520 g/mol. The molecule has 1 aromatic rings. The fraction of sp³-hybridized carbons (Fsp3) is 0.474. The molecule has 1 radical (unpaired) electrons. The van der Waals surface area contributed by atoms with Gasteiger partial charge in [0.2, 0.25) is 0 Å². The van der Waals surface area contributed by atoms with Crippen LogP contribution in [0.1, 0.15) is 40.2 Å². The van der Waals surface area contributed by atoms with E-state index in [9.17, 15) is 0 Å². The molecule has 0 saturated heterocycles.